The number of aromatic nitrogens is 4. The molecule has 1 fully saturated rings. The summed E-state index contributed by atoms with van der Waals surface area (Å²) < 4.78 is 13.0. The SMILES string of the molecule is COc1cc(CNC[C@H]2CCCO2)ccc1Cn1ncc2nc(N)nc(N)c21. The summed E-state index contributed by atoms with van der Waals surface area (Å²) in [5, 5.41) is 7.83. The van der Waals surface area contributed by atoms with Crippen molar-refractivity contribution in [3.05, 3.63) is 35.5 Å². The molecule has 1 aliphatic rings. The van der Waals surface area contributed by atoms with Crippen molar-refractivity contribution >= 4 is 22.8 Å². The number of fused-ring (bicyclic) bond motifs is 1. The molecule has 1 saturated heterocycles. The maximum absolute atomic E-state index is 6.02. The molecule has 9 heteroatoms. The Morgan fingerprint density at radius 3 is 3.00 bits per heavy atom. The van der Waals surface area contributed by atoms with Crippen LogP contribution >= 0.6 is 0 Å². The molecule has 2 aromatic heterocycles. The second-order valence-electron chi connectivity index (χ2n) is 6.92. The molecule has 0 aliphatic carbocycles. The Balaban J connectivity index is 1.49. The van der Waals surface area contributed by atoms with Crippen LogP contribution in [-0.4, -0.2) is 46.1 Å². The van der Waals surface area contributed by atoms with Crippen LogP contribution in [0.15, 0.2) is 24.4 Å². The van der Waals surface area contributed by atoms with Crippen molar-refractivity contribution in [1.29, 1.82) is 0 Å². The van der Waals surface area contributed by atoms with E-state index in [2.05, 4.69) is 26.4 Å². The predicted octanol–water partition coefficient (Wildman–Crippen LogP) is 1.32. The number of nitrogens with two attached hydrogens (primary N) is 2. The van der Waals surface area contributed by atoms with Crippen molar-refractivity contribution in [2.45, 2.75) is 32.0 Å². The van der Waals surface area contributed by atoms with Gasteiger partial charge in [-0.25, -0.2) is 4.98 Å². The summed E-state index contributed by atoms with van der Waals surface area (Å²) >= 11 is 0. The molecule has 0 radical (unpaired) electrons. The van der Waals surface area contributed by atoms with E-state index in [1.807, 2.05) is 12.1 Å². The van der Waals surface area contributed by atoms with E-state index in [0.717, 1.165) is 49.4 Å². The molecule has 1 atom stereocenters. The van der Waals surface area contributed by atoms with E-state index in [1.165, 1.54) is 0 Å². The number of benzene rings is 1. The molecule has 28 heavy (non-hydrogen) atoms. The Labute approximate surface area is 163 Å². The van der Waals surface area contributed by atoms with Gasteiger partial charge < -0.3 is 26.3 Å². The Kier molecular flexibility index (Phi) is 5.27. The second-order valence-corrected chi connectivity index (χ2v) is 6.92. The number of methoxy groups -OCH3 is 1. The van der Waals surface area contributed by atoms with Crippen molar-refractivity contribution in [1.82, 2.24) is 25.1 Å². The molecule has 4 rings (SSSR count). The molecule has 9 nitrogen and oxygen atoms in total. The van der Waals surface area contributed by atoms with Crippen molar-refractivity contribution in [3.8, 4) is 5.75 Å². The molecule has 1 aliphatic heterocycles. The highest BCUT2D eigenvalue weighted by Crippen LogP contribution is 2.24. The smallest absolute Gasteiger partial charge is 0.222 e. The molecule has 5 N–H and O–H groups in total. The molecule has 0 saturated carbocycles. The topological polar surface area (TPSA) is 126 Å². The van der Waals surface area contributed by atoms with Crippen molar-refractivity contribution in [2.24, 2.45) is 0 Å². The van der Waals surface area contributed by atoms with Gasteiger partial charge in [-0.3, -0.25) is 4.68 Å². The van der Waals surface area contributed by atoms with Gasteiger partial charge in [0.2, 0.25) is 5.95 Å². The Bertz CT molecular complexity index is 966. The van der Waals surface area contributed by atoms with Gasteiger partial charge >= 0.3 is 0 Å². The summed E-state index contributed by atoms with van der Waals surface area (Å²) in [6, 6.07) is 6.18. The number of hydrogen-bond acceptors (Lipinski definition) is 8. The first-order chi connectivity index (χ1) is 13.6. The van der Waals surface area contributed by atoms with E-state index in [4.69, 9.17) is 20.9 Å². The molecule has 1 aromatic carbocycles. The van der Waals surface area contributed by atoms with Gasteiger partial charge in [0.05, 0.1) is 26.0 Å². The van der Waals surface area contributed by atoms with Crippen molar-refractivity contribution < 1.29 is 9.47 Å². The third-order valence-corrected chi connectivity index (χ3v) is 4.93. The fourth-order valence-electron chi connectivity index (χ4n) is 3.54. The lowest BCUT2D eigenvalue weighted by atomic mass is 10.1. The Morgan fingerprint density at radius 2 is 2.21 bits per heavy atom. The highest BCUT2D eigenvalue weighted by Gasteiger charge is 2.15. The van der Waals surface area contributed by atoms with E-state index < -0.39 is 0 Å². The third kappa shape index (κ3) is 3.85. The van der Waals surface area contributed by atoms with Gasteiger partial charge in [0, 0.05) is 25.3 Å². The minimum atomic E-state index is 0.141. The van der Waals surface area contributed by atoms with Gasteiger partial charge in [-0.05, 0) is 24.5 Å². The van der Waals surface area contributed by atoms with Crippen molar-refractivity contribution in [3.63, 3.8) is 0 Å². The summed E-state index contributed by atoms with van der Waals surface area (Å²) in [5.41, 5.74) is 15.1. The van der Waals surface area contributed by atoms with Crippen LogP contribution in [0.1, 0.15) is 24.0 Å². The highest BCUT2D eigenvalue weighted by molar-refractivity contribution is 5.85. The molecule has 0 bridgehead atoms. The van der Waals surface area contributed by atoms with Crippen LogP contribution in [0.4, 0.5) is 11.8 Å². The van der Waals surface area contributed by atoms with E-state index in [0.29, 0.717) is 29.5 Å². The first kappa shape index (κ1) is 18.5. The molecular formula is C19H25N7O2. The lowest BCUT2D eigenvalue weighted by molar-refractivity contribution is 0.110. The quantitative estimate of drug-likeness (QED) is 0.558. The Morgan fingerprint density at radius 1 is 1.32 bits per heavy atom. The zero-order valence-electron chi connectivity index (χ0n) is 15.9. The van der Waals surface area contributed by atoms with Crippen LogP contribution in [0, 0.1) is 0 Å². The summed E-state index contributed by atoms with van der Waals surface area (Å²) in [5.74, 6) is 1.26. The van der Waals surface area contributed by atoms with Crippen molar-refractivity contribution in [2.75, 3.05) is 31.7 Å². The number of anilines is 2. The van der Waals surface area contributed by atoms with Gasteiger partial charge in [0.1, 0.15) is 16.8 Å². The Hall–Kier alpha value is -2.91. The van der Waals surface area contributed by atoms with Crippen LogP contribution in [-0.2, 0) is 17.8 Å². The molecule has 3 heterocycles. The predicted molar refractivity (Wildman–Crippen MR) is 107 cm³/mol. The fraction of sp³-hybridized carbons (Fsp3) is 0.421. The van der Waals surface area contributed by atoms with Gasteiger partial charge in [-0.2, -0.15) is 10.1 Å². The standard InChI is InChI=1S/C19H25N7O2/c1-27-16-7-12(8-22-9-14-3-2-6-28-14)4-5-13(16)11-26-17-15(10-23-26)24-19(21)25-18(17)20/h4-5,7,10,14,22H,2-3,6,8-9,11H2,1H3,(H4,20,21,24,25)/t14-/m1/s1. The zero-order valence-corrected chi connectivity index (χ0v) is 15.9. The maximum Gasteiger partial charge on any atom is 0.222 e. The first-order valence-corrected chi connectivity index (χ1v) is 9.36. The fourth-order valence-corrected chi connectivity index (χ4v) is 3.54. The number of rotatable bonds is 7. The van der Waals surface area contributed by atoms with E-state index in [-0.39, 0.29) is 5.95 Å². The first-order valence-electron chi connectivity index (χ1n) is 9.36. The molecule has 0 unspecified atom stereocenters. The van der Waals surface area contributed by atoms with Gasteiger partial charge in [-0.15, -0.1) is 0 Å². The summed E-state index contributed by atoms with van der Waals surface area (Å²) in [6.07, 6.45) is 4.25. The van der Waals surface area contributed by atoms with Gasteiger partial charge in [0.15, 0.2) is 5.82 Å². The number of ether oxygens (including phenoxy) is 2. The number of hydrogen-bond donors (Lipinski definition) is 3. The second kappa shape index (κ2) is 7.99. The highest BCUT2D eigenvalue weighted by atomic mass is 16.5. The molecule has 0 spiro atoms. The minimum absolute atomic E-state index is 0.141. The number of nitrogen functional groups attached to an aromatic ring is 2. The van der Waals surface area contributed by atoms with Gasteiger partial charge in [-0.1, -0.05) is 12.1 Å². The number of nitrogens with one attached hydrogen (secondary N) is 1. The number of nitrogens with zero attached hydrogens (tertiary/aromatic N) is 4. The van der Waals surface area contributed by atoms with Crippen LogP contribution in [0.5, 0.6) is 5.75 Å². The van der Waals surface area contributed by atoms with E-state index >= 15 is 0 Å². The average Bonchev–Trinajstić information content (AvgIpc) is 3.33. The van der Waals surface area contributed by atoms with Crippen LogP contribution in [0.3, 0.4) is 0 Å². The van der Waals surface area contributed by atoms with Crippen LogP contribution in [0.25, 0.3) is 11.0 Å². The monoisotopic (exact) mass is 383 g/mol. The lowest BCUT2D eigenvalue weighted by Crippen LogP contribution is -2.25. The van der Waals surface area contributed by atoms with E-state index in [1.54, 1.807) is 18.0 Å². The molecule has 0 amide bonds. The maximum atomic E-state index is 6.02. The lowest BCUT2D eigenvalue weighted by Gasteiger charge is -2.14. The molecule has 148 valence electrons. The summed E-state index contributed by atoms with van der Waals surface area (Å²) in [7, 11) is 1.67. The zero-order chi connectivity index (χ0) is 19.5. The average molecular weight is 383 g/mol. The normalized spacial score (nSPS) is 16.7. The minimum Gasteiger partial charge on any atom is -0.496 e. The van der Waals surface area contributed by atoms with Gasteiger partial charge in [0.25, 0.3) is 0 Å². The third-order valence-electron chi connectivity index (χ3n) is 4.93. The van der Waals surface area contributed by atoms with Crippen LogP contribution in [0.2, 0.25) is 0 Å². The van der Waals surface area contributed by atoms with E-state index in [9.17, 15) is 0 Å². The molecular weight excluding hydrogens is 358 g/mol. The largest absolute Gasteiger partial charge is 0.496 e. The molecule has 3 aromatic rings. The summed E-state index contributed by atoms with van der Waals surface area (Å²) in [6.45, 7) is 3.00. The van der Waals surface area contributed by atoms with Crippen LogP contribution < -0.4 is 21.5 Å². The summed E-state index contributed by atoms with van der Waals surface area (Å²) in [4.78, 5) is 8.21.